The van der Waals surface area contributed by atoms with E-state index in [0.717, 1.165) is 39.8 Å². The van der Waals surface area contributed by atoms with E-state index in [1.54, 1.807) is 18.6 Å². The number of aromatic nitrogens is 4. The number of carbonyl (C=O) groups excluding carboxylic acids is 1. The first kappa shape index (κ1) is 19.1. The molecular weight excluding hydrogens is 388 g/mol. The van der Waals surface area contributed by atoms with Gasteiger partial charge in [0, 0.05) is 59.9 Å². The van der Waals surface area contributed by atoms with E-state index >= 15 is 0 Å². The predicted octanol–water partition coefficient (Wildman–Crippen LogP) is 3.61. The Hall–Kier alpha value is -3.87. The molecule has 0 spiro atoms. The number of para-hydroxylation sites is 1. The van der Waals surface area contributed by atoms with E-state index in [1.807, 2.05) is 48.2 Å². The van der Waals surface area contributed by atoms with Gasteiger partial charge in [-0.2, -0.15) is 0 Å². The fourth-order valence-corrected chi connectivity index (χ4v) is 4.19. The van der Waals surface area contributed by atoms with E-state index in [4.69, 9.17) is 10.7 Å². The summed E-state index contributed by atoms with van der Waals surface area (Å²) in [7, 11) is 0. The number of fused-ring (bicyclic) bond motifs is 1. The Balaban J connectivity index is 1.40. The Morgan fingerprint density at radius 3 is 2.71 bits per heavy atom. The van der Waals surface area contributed by atoms with Crippen LogP contribution in [0.15, 0.2) is 61.1 Å². The SMILES string of the molecule is Cc1cc(-c2cnc(N)nc2)cc([C@@H]2CCN(C(=O)c3cccc4cccnc34)C2)n1. The minimum atomic E-state index is 0.0200. The molecule has 1 aliphatic heterocycles. The molecule has 5 rings (SSSR count). The number of aryl methyl sites for hydroxylation is 1. The van der Waals surface area contributed by atoms with Gasteiger partial charge in [0.05, 0.1) is 11.1 Å². The zero-order chi connectivity index (χ0) is 21.4. The van der Waals surface area contributed by atoms with Gasteiger partial charge in [0.15, 0.2) is 0 Å². The van der Waals surface area contributed by atoms with Crippen LogP contribution in [0, 0.1) is 6.92 Å². The summed E-state index contributed by atoms with van der Waals surface area (Å²) in [5.74, 6) is 0.453. The maximum Gasteiger partial charge on any atom is 0.256 e. The van der Waals surface area contributed by atoms with Crippen LogP contribution in [0.3, 0.4) is 0 Å². The fraction of sp³-hybridized carbons (Fsp3) is 0.208. The van der Waals surface area contributed by atoms with Crippen molar-refractivity contribution in [1.82, 2.24) is 24.8 Å². The number of pyridine rings is 2. The molecule has 4 heterocycles. The number of rotatable bonds is 3. The van der Waals surface area contributed by atoms with Gasteiger partial charge in [0.1, 0.15) is 0 Å². The van der Waals surface area contributed by atoms with E-state index in [9.17, 15) is 4.79 Å². The number of anilines is 1. The summed E-state index contributed by atoms with van der Waals surface area (Å²) in [4.78, 5) is 32.5. The fourth-order valence-electron chi connectivity index (χ4n) is 4.19. The topological polar surface area (TPSA) is 97.9 Å². The van der Waals surface area contributed by atoms with Crippen LogP contribution in [-0.4, -0.2) is 43.8 Å². The highest BCUT2D eigenvalue weighted by molar-refractivity contribution is 6.05. The number of amides is 1. The highest BCUT2D eigenvalue weighted by atomic mass is 16.2. The standard InChI is InChI=1S/C24H22N6O/c1-15-10-18(19-12-27-24(25)28-13-19)11-21(29-15)17-7-9-30(14-17)23(31)20-6-2-4-16-5-3-8-26-22(16)20/h2-6,8,10-13,17H,7,9,14H2,1H3,(H2,25,27,28)/t17-/m1/s1. The van der Waals surface area contributed by atoms with Gasteiger partial charge >= 0.3 is 0 Å². The van der Waals surface area contributed by atoms with Crippen LogP contribution in [0.4, 0.5) is 5.95 Å². The monoisotopic (exact) mass is 410 g/mol. The van der Waals surface area contributed by atoms with Crippen LogP contribution < -0.4 is 5.73 Å². The summed E-state index contributed by atoms with van der Waals surface area (Å²) in [5.41, 5.74) is 10.8. The summed E-state index contributed by atoms with van der Waals surface area (Å²) >= 11 is 0. The second-order valence-electron chi connectivity index (χ2n) is 7.87. The maximum atomic E-state index is 13.3. The number of likely N-dealkylation sites (tertiary alicyclic amines) is 1. The lowest BCUT2D eigenvalue weighted by molar-refractivity contribution is 0.0792. The highest BCUT2D eigenvalue weighted by Gasteiger charge is 2.30. The molecule has 0 unspecified atom stereocenters. The molecule has 2 N–H and O–H groups in total. The van der Waals surface area contributed by atoms with E-state index in [0.29, 0.717) is 18.7 Å². The van der Waals surface area contributed by atoms with Crippen LogP contribution in [0.25, 0.3) is 22.0 Å². The van der Waals surface area contributed by atoms with Crippen molar-refractivity contribution in [3.8, 4) is 11.1 Å². The van der Waals surface area contributed by atoms with Gasteiger partial charge in [-0.25, -0.2) is 9.97 Å². The first-order chi connectivity index (χ1) is 15.1. The number of nitrogen functional groups attached to an aromatic ring is 1. The van der Waals surface area contributed by atoms with Crippen molar-refractivity contribution in [2.24, 2.45) is 0 Å². The Kier molecular flexibility index (Phi) is 4.78. The first-order valence-electron chi connectivity index (χ1n) is 10.3. The van der Waals surface area contributed by atoms with Crippen molar-refractivity contribution in [1.29, 1.82) is 0 Å². The first-order valence-corrected chi connectivity index (χ1v) is 10.3. The number of carbonyl (C=O) groups is 1. The molecule has 7 heteroatoms. The molecule has 0 radical (unpaired) electrons. The maximum absolute atomic E-state index is 13.3. The third kappa shape index (κ3) is 3.70. The third-order valence-electron chi connectivity index (χ3n) is 5.74. The van der Waals surface area contributed by atoms with E-state index in [-0.39, 0.29) is 17.8 Å². The average molecular weight is 410 g/mol. The molecule has 7 nitrogen and oxygen atoms in total. The molecule has 3 aromatic heterocycles. The average Bonchev–Trinajstić information content (AvgIpc) is 3.29. The molecule has 154 valence electrons. The number of benzene rings is 1. The van der Waals surface area contributed by atoms with Crippen molar-refractivity contribution < 1.29 is 4.79 Å². The highest BCUT2D eigenvalue weighted by Crippen LogP contribution is 2.31. The lowest BCUT2D eigenvalue weighted by Crippen LogP contribution is -2.28. The molecule has 1 fully saturated rings. The third-order valence-corrected chi connectivity index (χ3v) is 5.74. The smallest absolute Gasteiger partial charge is 0.256 e. The molecule has 1 aliphatic rings. The number of hydrogen-bond donors (Lipinski definition) is 1. The largest absolute Gasteiger partial charge is 0.368 e. The zero-order valence-corrected chi connectivity index (χ0v) is 17.2. The summed E-state index contributed by atoms with van der Waals surface area (Å²) in [6, 6.07) is 13.7. The molecule has 1 aromatic carbocycles. The molecule has 31 heavy (non-hydrogen) atoms. The summed E-state index contributed by atoms with van der Waals surface area (Å²) in [6.07, 6.45) is 6.04. The molecule has 0 saturated carbocycles. The van der Waals surface area contributed by atoms with Crippen molar-refractivity contribution in [3.05, 3.63) is 78.0 Å². The van der Waals surface area contributed by atoms with Gasteiger partial charge in [-0.05, 0) is 43.2 Å². The molecule has 0 aliphatic carbocycles. The summed E-state index contributed by atoms with van der Waals surface area (Å²) in [6.45, 7) is 3.31. The minimum absolute atomic E-state index is 0.0200. The van der Waals surface area contributed by atoms with E-state index in [1.165, 1.54) is 0 Å². The van der Waals surface area contributed by atoms with Gasteiger partial charge in [0.2, 0.25) is 5.95 Å². The van der Waals surface area contributed by atoms with E-state index < -0.39 is 0 Å². The number of nitrogens with two attached hydrogens (primary N) is 1. The molecule has 4 aromatic rings. The van der Waals surface area contributed by atoms with Crippen LogP contribution in [0.1, 0.15) is 34.1 Å². The Bertz CT molecular complexity index is 1270. The van der Waals surface area contributed by atoms with Crippen molar-refractivity contribution >= 4 is 22.8 Å². The molecule has 0 bridgehead atoms. The van der Waals surface area contributed by atoms with Crippen molar-refractivity contribution in [2.75, 3.05) is 18.8 Å². The van der Waals surface area contributed by atoms with Gasteiger partial charge in [-0.15, -0.1) is 0 Å². The van der Waals surface area contributed by atoms with Crippen LogP contribution >= 0.6 is 0 Å². The lowest BCUT2D eigenvalue weighted by atomic mass is 10.00. The Morgan fingerprint density at radius 2 is 1.87 bits per heavy atom. The van der Waals surface area contributed by atoms with Crippen LogP contribution in [-0.2, 0) is 0 Å². The lowest BCUT2D eigenvalue weighted by Gasteiger charge is -2.18. The second-order valence-corrected chi connectivity index (χ2v) is 7.87. The van der Waals surface area contributed by atoms with Crippen LogP contribution in [0.5, 0.6) is 0 Å². The van der Waals surface area contributed by atoms with E-state index in [2.05, 4.69) is 21.0 Å². The normalized spacial score (nSPS) is 16.0. The van der Waals surface area contributed by atoms with Gasteiger partial charge < -0.3 is 10.6 Å². The zero-order valence-electron chi connectivity index (χ0n) is 17.2. The Morgan fingerprint density at radius 1 is 1.06 bits per heavy atom. The second kappa shape index (κ2) is 7.75. The summed E-state index contributed by atoms with van der Waals surface area (Å²) < 4.78 is 0. The van der Waals surface area contributed by atoms with Gasteiger partial charge in [-0.1, -0.05) is 18.2 Å². The molecular formula is C24H22N6O. The number of nitrogens with zero attached hydrogens (tertiary/aromatic N) is 5. The minimum Gasteiger partial charge on any atom is -0.368 e. The molecule has 1 atom stereocenters. The molecule has 1 amide bonds. The molecule has 1 saturated heterocycles. The predicted molar refractivity (Wildman–Crippen MR) is 119 cm³/mol. The number of hydrogen-bond acceptors (Lipinski definition) is 6. The van der Waals surface area contributed by atoms with Crippen LogP contribution in [0.2, 0.25) is 0 Å². The summed E-state index contributed by atoms with van der Waals surface area (Å²) in [5, 5.41) is 0.972. The van der Waals surface area contributed by atoms with Gasteiger partial charge in [-0.3, -0.25) is 14.8 Å². The quantitative estimate of drug-likeness (QED) is 0.554. The van der Waals surface area contributed by atoms with Gasteiger partial charge in [0.25, 0.3) is 5.91 Å². The Labute approximate surface area is 180 Å². The van der Waals surface area contributed by atoms with Crippen molar-refractivity contribution in [2.45, 2.75) is 19.3 Å². The van der Waals surface area contributed by atoms with Crippen molar-refractivity contribution in [3.63, 3.8) is 0 Å².